The molecule has 0 amide bonds. The lowest BCUT2D eigenvalue weighted by atomic mass is 10.0. The summed E-state index contributed by atoms with van der Waals surface area (Å²) in [7, 11) is -17.0. The Kier molecular flexibility index (Phi) is 7.31. The minimum Gasteiger partial charge on any atom is -0.387 e. The Morgan fingerprint density at radius 3 is 2.60 bits per heavy atom. The van der Waals surface area contributed by atoms with Crippen molar-refractivity contribution in [3.05, 3.63) is 34.2 Å². The standard InChI is InChI=1S/C12H16FN6O13P3/c1-2-12(19-4-15-6-9(19)16-11(14)17-10(6)21)8(13)7(20)5(30-12)3-29-34(25,26)32-35(27,28)31-33(23,24)18-22/h2,4-5,7-8,20H,1,3H2,(H,23,24)(H,25,26)(H,27,28)(H3,14,16,17,21)/t5-,7-,8-,12-/m1/s1. The van der Waals surface area contributed by atoms with E-state index in [1.54, 1.807) is 0 Å². The van der Waals surface area contributed by atoms with E-state index in [1.807, 2.05) is 0 Å². The highest BCUT2D eigenvalue weighted by molar-refractivity contribution is 7.67. The molecule has 0 aliphatic carbocycles. The molecule has 2 aromatic heterocycles. The number of H-pyrrole nitrogens is 1. The van der Waals surface area contributed by atoms with Gasteiger partial charge in [0.2, 0.25) is 11.7 Å². The minimum absolute atomic E-state index is 0.269. The van der Waals surface area contributed by atoms with Gasteiger partial charge in [-0.1, -0.05) is 6.58 Å². The summed E-state index contributed by atoms with van der Waals surface area (Å²) >= 11 is 0. The van der Waals surface area contributed by atoms with Crippen molar-refractivity contribution < 1.29 is 55.8 Å². The van der Waals surface area contributed by atoms with Crippen LogP contribution in [0.5, 0.6) is 0 Å². The van der Waals surface area contributed by atoms with Crippen LogP contribution in [-0.2, 0) is 37.3 Å². The molecule has 1 saturated heterocycles. The second-order valence-corrected chi connectivity index (χ2v) is 11.3. The lowest BCUT2D eigenvalue weighted by Crippen LogP contribution is -2.41. The third-order valence-corrected chi connectivity index (χ3v) is 8.44. The molecule has 7 atom stereocenters. The molecule has 0 saturated carbocycles. The fourth-order valence-corrected chi connectivity index (χ4v) is 6.21. The van der Waals surface area contributed by atoms with Crippen LogP contribution in [0.4, 0.5) is 10.3 Å². The van der Waals surface area contributed by atoms with Crippen LogP contribution >= 0.6 is 23.4 Å². The second-order valence-electron chi connectivity index (χ2n) is 6.71. The first kappa shape index (κ1) is 27.4. The number of aliphatic hydroxyl groups is 1. The van der Waals surface area contributed by atoms with E-state index in [-0.39, 0.29) is 17.1 Å². The van der Waals surface area contributed by atoms with Crippen LogP contribution in [0, 0.1) is 4.91 Å². The molecule has 35 heavy (non-hydrogen) atoms. The number of imidazole rings is 1. The summed E-state index contributed by atoms with van der Waals surface area (Å²) in [6, 6.07) is 0. The number of aliphatic hydroxyl groups excluding tert-OH is 1. The van der Waals surface area contributed by atoms with Crippen molar-refractivity contribution in [1.82, 2.24) is 19.5 Å². The number of nitroso groups, excluding NO2 is 1. The largest absolute Gasteiger partial charge is 0.496 e. The molecule has 7 N–H and O–H groups in total. The van der Waals surface area contributed by atoms with E-state index in [9.17, 15) is 38.3 Å². The number of hydrogen-bond donors (Lipinski definition) is 6. The number of aromatic amines is 1. The lowest BCUT2D eigenvalue weighted by Gasteiger charge is -2.29. The molecule has 0 radical (unpaired) electrons. The highest BCUT2D eigenvalue weighted by atomic mass is 31.3. The van der Waals surface area contributed by atoms with Gasteiger partial charge in [0.05, 0.1) is 6.61 Å². The zero-order valence-corrected chi connectivity index (χ0v) is 19.5. The average molecular weight is 564 g/mol. The summed E-state index contributed by atoms with van der Waals surface area (Å²) in [5, 5.41) is 10.3. The minimum atomic E-state index is -5.85. The molecule has 0 aromatic carbocycles. The van der Waals surface area contributed by atoms with Gasteiger partial charge in [0.1, 0.15) is 18.5 Å². The van der Waals surface area contributed by atoms with Crippen molar-refractivity contribution in [3.8, 4) is 0 Å². The maximum Gasteiger partial charge on any atom is 0.496 e. The summed E-state index contributed by atoms with van der Waals surface area (Å²) in [5.74, 6) is -0.358. The van der Waals surface area contributed by atoms with E-state index in [0.29, 0.717) is 0 Å². The van der Waals surface area contributed by atoms with Crippen LogP contribution in [0.3, 0.4) is 0 Å². The van der Waals surface area contributed by atoms with Gasteiger partial charge in [0.15, 0.2) is 17.3 Å². The number of rotatable bonds is 10. The third kappa shape index (κ3) is 5.47. The molecule has 3 unspecified atom stereocenters. The Labute approximate surface area is 192 Å². The van der Waals surface area contributed by atoms with Crippen molar-refractivity contribution in [3.63, 3.8) is 0 Å². The first-order chi connectivity index (χ1) is 16.1. The summed E-state index contributed by atoms with van der Waals surface area (Å²) in [5.41, 5.74) is 1.89. The summed E-state index contributed by atoms with van der Waals surface area (Å²) in [6.45, 7) is 2.26. The van der Waals surface area contributed by atoms with Crippen LogP contribution in [0.15, 0.2) is 28.7 Å². The van der Waals surface area contributed by atoms with Crippen molar-refractivity contribution >= 4 is 40.5 Å². The summed E-state index contributed by atoms with van der Waals surface area (Å²) in [6.07, 6.45) is -4.41. The number of hydrogen-bond acceptors (Lipinski definition) is 13. The quantitative estimate of drug-likeness (QED) is 0.123. The van der Waals surface area contributed by atoms with Gasteiger partial charge in [-0.2, -0.15) is 13.6 Å². The molecule has 1 aliphatic heterocycles. The van der Waals surface area contributed by atoms with E-state index in [2.05, 4.69) is 34.7 Å². The number of nitrogens with two attached hydrogens (primary N) is 1. The topological polar surface area (TPSA) is 288 Å². The van der Waals surface area contributed by atoms with Crippen LogP contribution in [-0.4, -0.2) is 64.3 Å². The zero-order valence-electron chi connectivity index (χ0n) is 16.8. The average Bonchev–Trinajstić information content (AvgIpc) is 3.26. The van der Waals surface area contributed by atoms with Gasteiger partial charge < -0.3 is 30.3 Å². The highest BCUT2D eigenvalue weighted by Gasteiger charge is 2.56. The summed E-state index contributed by atoms with van der Waals surface area (Å²) in [4.78, 5) is 61.0. The maximum atomic E-state index is 15.2. The van der Waals surface area contributed by atoms with Gasteiger partial charge in [0, 0.05) is 4.95 Å². The number of fused-ring (bicyclic) bond motifs is 1. The van der Waals surface area contributed by atoms with E-state index in [4.69, 9.17) is 15.4 Å². The molecule has 1 fully saturated rings. The number of anilines is 1. The van der Waals surface area contributed by atoms with E-state index >= 15 is 4.39 Å². The number of nitrogen functional groups attached to an aromatic ring is 1. The molecular weight excluding hydrogens is 548 g/mol. The van der Waals surface area contributed by atoms with Crippen molar-refractivity contribution in [2.75, 3.05) is 12.3 Å². The van der Waals surface area contributed by atoms with Crippen LogP contribution in [0.2, 0.25) is 0 Å². The van der Waals surface area contributed by atoms with E-state index in [0.717, 1.165) is 17.0 Å². The number of nitrogens with one attached hydrogen (secondary N) is 1. The maximum absolute atomic E-state index is 15.2. The fraction of sp³-hybridized carbons (Fsp3) is 0.417. The van der Waals surface area contributed by atoms with Crippen LogP contribution in [0.25, 0.3) is 11.2 Å². The van der Waals surface area contributed by atoms with Gasteiger partial charge in [-0.05, 0) is 6.08 Å². The van der Waals surface area contributed by atoms with Crippen molar-refractivity contribution in [2.24, 2.45) is 4.95 Å². The van der Waals surface area contributed by atoms with Gasteiger partial charge in [-0.25, -0.2) is 23.1 Å². The molecule has 23 heteroatoms. The molecule has 1 aliphatic rings. The molecule has 0 bridgehead atoms. The number of phosphoric ester groups is 1. The van der Waals surface area contributed by atoms with E-state index in [1.165, 1.54) is 4.95 Å². The molecule has 19 nitrogen and oxygen atoms in total. The van der Waals surface area contributed by atoms with Crippen molar-refractivity contribution in [1.29, 1.82) is 0 Å². The monoisotopic (exact) mass is 564 g/mol. The Bertz CT molecular complexity index is 1370. The Morgan fingerprint density at radius 1 is 1.34 bits per heavy atom. The normalized spacial score (nSPS) is 29.8. The zero-order chi connectivity index (χ0) is 26.4. The number of aromatic nitrogens is 4. The van der Waals surface area contributed by atoms with Gasteiger partial charge >= 0.3 is 23.4 Å². The fourth-order valence-electron chi connectivity index (χ4n) is 3.06. The smallest absolute Gasteiger partial charge is 0.387 e. The van der Waals surface area contributed by atoms with Crippen LogP contribution in [0.1, 0.15) is 0 Å². The predicted molar refractivity (Wildman–Crippen MR) is 110 cm³/mol. The molecule has 2 aromatic rings. The first-order valence-electron chi connectivity index (χ1n) is 8.84. The third-order valence-electron chi connectivity index (χ3n) is 4.43. The number of halogens is 1. The Hall–Kier alpha value is -2.21. The van der Waals surface area contributed by atoms with Crippen molar-refractivity contribution in [2.45, 2.75) is 24.1 Å². The molecule has 3 heterocycles. The number of phosphoric acid groups is 2. The number of alkyl halides is 1. The van der Waals surface area contributed by atoms with Gasteiger partial charge in [-0.15, -0.1) is 4.91 Å². The molecule has 3 rings (SSSR count). The summed E-state index contributed by atoms with van der Waals surface area (Å²) < 4.78 is 67.6. The molecule has 194 valence electrons. The highest BCUT2D eigenvalue weighted by Crippen LogP contribution is 2.67. The second kappa shape index (κ2) is 9.34. The number of nitrogens with zero attached hydrogens (tertiary/aromatic N) is 4. The van der Waals surface area contributed by atoms with Crippen LogP contribution < -0.4 is 11.3 Å². The first-order valence-corrected chi connectivity index (χ1v) is 13.4. The predicted octanol–water partition coefficient (Wildman–Crippen LogP) is -0.244. The molecule has 0 spiro atoms. The SMILES string of the molecule is C=C[C@@]1(n2cnc3c(=O)[nH]c(N)nc32)O[C@H](COP(=O)(O)OP(=O)(O)OP(=O)(O)N=O)[C@@H](O)[C@H]1F. The van der Waals surface area contributed by atoms with E-state index < -0.39 is 59.7 Å². The lowest BCUT2D eigenvalue weighted by molar-refractivity contribution is -0.0961. The van der Waals surface area contributed by atoms with Gasteiger partial charge in [0.25, 0.3) is 5.56 Å². The Morgan fingerprint density at radius 2 is 2.00 bits per heavy atom. The Balaban J connectivity index is 1.82. The molecular formula is C12H16FN6O13P3. The number of ether oxygens (including phenoxy) is 1. The van der Waals surface area contributed by atoms with Gasteiger partial charge in [-0.3, -0.25) is 18.9 Å².